The van der Waals surface area contributed by atoms with Crippen molar-refractivity contribution in [2.24, 2.45) is 0 Å². The van der Waals surface area contributed by atoms with Crippen LogP contribution in [0.15, 0.2) is 23.1 Å². The third kappa shape index (κ3) is 3.90. The molecule has 1 saturated heterocycles. The lowest BCUT2D eigenvalue weighted by atomic mass is 10.2. The SMILES string of the molecule is O=S(=O)(NC1CCSC1)c1ccc(C#CCO)cc1Cl. The van der Waals surface area contributed by atoms with Crippen molar-refractivity contribution in [3.63, 3.8) is 0 Å². The van der Waals surface area contributed by atoms with Crippen LogP contribution in [0.2, 0.25) is 5.02 Å². The fraction of sp³-hybridized carbons (Fsp3) is 0.385. The first kappa shape index (κ1) is 15.7. The summed E-state index contributed by atoms with van der Waals surface area (Å²) in [4.78, 5) is 0.0608. The molecule has 0 bridgehead atoms. The largest absolute Gasteiger partial charge is 0.384 e. The van der Waals surface area contributed by atoms with E-state index in [1.807, 2.05) is 0 Å². The maximum absolute atomic E-state index is 12.3. The van der Waals surface area contributed by atoms with Gasteiger partial charge in [-0.15, -0.1) is 0 Å². The van der Waals surface area contributed by atoms with Gasteiger partial charge in [0.2, 0.25) is 10.0 Å². The summed E-state index contributed by atoms with van der Waals surface area (Å²) in [6.45, 7) is -0.251. The van der Waals surface area contributed by atoms with E-state index in [1.54, 1.807) is 17.8 Å². The summed E-state index contributed by atoms with van der Waals surface area (Å²) in [6.07, 6.45) is 0.835. The van der Waals surface area contributed by atoms with Gasteiger partial charge in [-0.1, -0.05) is 23.4 Å². The number of rotatable bonds is 3. The smallest absolute Gasteiger partial charge is 0.242 e. The molecule has 2 rings (SSSR count). The quantitative estimate of drug-likeness (QED) is 0.823. The van der Waals surface area contributed by atoms with Crippen LogP contribution in [0.25, 0.3) is 0 Å². The molecule has 0 aromatic heterocycles. The van der Waals surface area contributed by atoms with Crippen molar-refractivity contribution < 1.29 is 13.5 Å². The topological polar surface area (TPSA) is 66.4 Å². The van der Waals surface area contributed by atoms with E-state index < -0.39 is 10.0 Å². The number of aliphatic hydroxyl groups excluding tert-OH is 1. The maximum atomic E-state index is 12.3. The molecule has 0 amide bonds. The fourth-order valence-electron chi connectivity index (χ4n) is 1.85. The van der Waals surface area contributed by atoms with E-state index in [4.69, 9.17) is 16.7 Å². The Bertz CT molecular complexity index is 643. The number of hydrogen-bond acceptors (Lipinski definition) is 4. The Labute approximate surface area is 128 Å². The van der Waals surface area contributed by atoms with Crippen molar-refractivity contribution in [1.29, 1.82) is 0 Å². The molecule has 108 valence electrons. The van der Waals surface area contributed by atoms with Crippen molar-refractivity contribution in [1.82, 2.24) is 4.72 Å². The zero-order valence-corrected chi connectivity index (χ0v) is 13.0. The van der Waals surface area contributed by atoms with Gasteiger partial charge < -0.3 is 5.11 Å². The molecule has 1 aromatic carbocycles. The normalized spacial score (nSPS) is 18.6. The number of nitrogens with one attached hydrogen (secondary N) is 1. The molecule has 20 heavy (non-hydrogen) atoms. The third-order valence-electron chi connectivity index (χ3n) is 2.78. The Balaban J connectivity index is 2.23. The minimum absolute atomic E-state index is 0.0325. The van der Waals surface area contributed by atoms with Gasteiger partial charge in [0, 0.05) is 17.4 Å². The van der Waals surface area contributed by atoms with Gasteiger partial charge in [0.05, 0.1) is 5.02 Å². The standard InChI is InChI=1S/C13H14ClNO3S2/c14-12-8-10(2-1-6-16)3-4-13(12)20(17,18)15-11-5-7-19-9-11/h3-4,8,11,15-16H,5-7,9H2. The van der Waals surface area contributed by atoms with Crippen molar-refractivity contribution in [2.45, 2.75) is 17.4 Å². The van der Waals surface area contributed by atoms with Crippen molar-refractivity contribution >= 4 is 33.4 Å². The molecule has 0 spiro atoms. The highest BCUT2D eigenvalue weighted by molar-refractivity contribution is 7.99. The second-order valence-electron chi connectivity index (χ2n) is 4.29. The highest BCUT2D eigenvalue weighted by Crippen LogP contribution is 2.24. The highest BCUT2D eigenvalue weighted by Gasteiger charge is 2.24. The van der Waals surface area contributed by atoms with Crippen LogP contribution in [0.5, 0.6) is 0 Å². The number of sulfonamides is 1. The average molecular weight is 332 g/mol. The lowest BCUT2D eigenvalue weighted by Crippen LogP contribution is -2.34. The van der Waals surface area contributed by atoms with Crippen LogP contribution >= 0.6 is 23.4 Å². The van der Waals surface area contributed by atoms with Crippen molar-refractivity contribution in [3.05, 3.63) is 28.8 Å². The lowest BCUT2D eigenvalue weighted by molar-refractivity contribution is 0.350. The molecule has 1 unspecified atom stereocenters. The average Bonchev–Trinajstić information content (AvgIpc) is 2.88. The van der Waals surface area contributed by atoms with Gasteiger partial charge in [0.25, 0.3) is 0 Å². The molecule has 1 fully saturated rings. The van der Waals surface area contributed by atoms with E-state index in [0.717, 1.165) is 17.9 Å². The van der Waals surface area contributed by atoms with Crippen LogP contribution in [-0.4, -0.2) is 37.7 Å². The molecule has 1 aliphatic rings. The fourth-order valence-corrected chi connectivity index (χ4v) is 4.92. The van der Waals surface area contributed by atoms with E-state index in [-0.39, 0.29) is 22.6 Å². The number of hydrogen-bond donors (Lipinski definition) is 2. The molecule has 0 saturated carbocycles. The molecule has 0 radical (unpaired) electrons. The van der Waals surface area contributed by atoms with E-state index in [0.29, 0.717) is 5.56 Å². The second-order valence-corrected chi connectivity index (χ2v) is 7.53. The van der Waals surface area contributed by atoms with Gasteiger partial charge in [0.1, 0.15) is 11.5 Å². The minimum Gasteiger partial charge on any atom is -0.384 e. The van der Waals surface area contributed by atoms with Gasteiger partial charge in [0.15, 0.2) is 0 Å². The van der Waals surface area contributed by atoms with Crippen LogP contribution in [-0.2, 0) is 10.0 Å². The van der Waals surface area contributed by atoms with Gasteiger partial charge in [-0.25, -0.2) is 13.1 Å². The summed E-state index contributed by atoms with van der Waals surface area (Å²) < 4.78 is 27.2. The second kappa shape index (κ2) is 6.83. The molecular formula is C13H14ClNO3S2. The summed E-state index contributed by atoms with van der Waals surface area (Å²) in [5, 5.41) is 8.76. The highest BCUT2D eigenvalue weighted by atomic mass is 35.5. The first-order chi connectivity index (χ1) is 9.53. The van der Waals surface area contributed by atoms with Gasteiger partial charge >= 0.3 is 0 Å². The lowest BCUT2D eigenvalue weighted by Gasteiger charge is -2.13. The van der Waals surface area contributed by atoms with Gasteiger partial charge in [-0.2, -0.15) is 11.8 Å². The van der Waals surface area contributed by atoms with Gasteiger partial charge in [-0.05, 0) is 30.4 Å². The first-order valence-corrected chi connectivity index (χ1v) is 9.04. The maximum Gasteiger partial charge on any atom is 0.242 e. The summed E-state index contributed by atoms with van der Waals surface area (Å²) in [5.41, 5.74) is 0.569. The number of aliphatic hydroxyl groups is 1. The van der Waals surface area contributed by atoms with Crippen LogP contribution in [0.3, 0.4) is 0 Å². The molecular weight excluding hydrogens is 318 g/mol. The summed E-state index contributed by atoms with van der Waals surface area (Å²) in [6, 6.07) is 4.47. The predicted octanol–water partition coefficient (Wildman–Crippen LogP) is 1.47. The molecule has 1 aliphatic heterocycles. The van der Waals surface area contributed by atoms with E-state index in [9.17, 15) is 8.42 Å². The number of benzene rings is 1. The number of thioether (sulfide) groups is 1. The monoisotopic (exact) mass is 331 g/mol. The van der Waals surface area contributed by atoms with Crippen molar-refractivity contribution in [3.8, 4) is 11.8 Å². The van der Waals surface area contributed by atoms with E-state index >= 15 is 0 Å². The molecule has 1 atom stereocenters. The number of halogens is 1. The Morgan fingerprint density at radius 2 is 2.30 bits per heavy atom. The molecule has 2 N–H and O–H groups in total. The van der Waals surface area contributed by atoms with Crippen LogP contribution < -0.4 is 4.72 Å². The zero-order valence-electron chi connectivity index (χ0n) is 10.6. The third-order valence-corrected chi connectivity index (χ3v) is 5.95. The van der Waals surface area contributed by atoms with Gasteiger partial charge in [-0.3, -0.25) is 0 Å². The minimum atomic E-state index is -3.60. The van der Waals surface area contributed by atoms with E-state index in [1.165, 1.54) is 12.1 Å². The predicted molar refractivity (Wildman–Crippen MR) is 81.5 cm³/mol. The Morgan fingerprint density at radius 1 is 1.50 bits per heavy atom. The van der Waals surface area contributed by atoms with E-state index in [2.05, 4.69) is 16.6 Å². The first-order valence-electron chi connectivity index (χ1n) is 6.02. The Morgan fingerprint density at radius 3 is 2.90 bits per heavy atom. The summed E-state index contributed by atoms with van der Waals surface area (Å²) in [5.74, 6) is 6.93. The van der Waals surface area contributed by atoms with Crippen LogP contribution in [0.4, 0.5) is 0 Å². The van der Waals surface area contributed by atoms with Crippen LogP contribution in [0, 0.1) is 11.8 Å². The Hall–Kier alpha value is -0.710. The summed E-state index contributed by atoms with van der Waals surface area (Å²) >= 11 is 7.76. The molecule has 1 heterocycles. The molecule has 0 aliphatic carbocycles. The van der Waals surface area contributed by atoms with Crippen molar-refractivity contribution in [2.75, 3.05) is 18.1 Å². The summed E-state index contributed by atoms with van der Waals surface area (Å²) in [7, 11) is -3.60. The zero-order chi connectivity index (χ0) is 14.6. The molecule has 4 nitrogen and oxygen atoms in total. The molecule has 7 heteroatoms. The van der Waals surface area contributed by atoms with Crippen LogP contribution in [0.1, 0.15) is 12.0 Å². The molecule has 1 aromatic rings. The Kier molecular flexibility index (Phi) is 5.35.